The van der Waals surface area contributed by atoms with E-state index in [0.29, 0.717) is 0 Å². The minimum Gasteiger partial charge on any atom is -0.371 e. The van der Waals surface area contributed by atoms with Crippen molar-refractivity contribution < 1.29 is 0 Å². The molecular weight excluding hydrogens is 194 g/mol. The quantitative estimate of drug-likeness (QED) is 0.723. The fourth-order valence-electron chi connectivity index (χ4n) is 2.37. The molecule has 1 fully saturated rings. The summed E-state index contributed by atoms with van der Waals surface area (Å²) in [6.45, 7) is 10.8. The van der Waals surface area contributed by atoms with Crippen LogP contribution in [0.1, 0.15) is 30.9 Å². The molecule has 0 spiro atoms. The molecule has 1 aliphatic rings. The first kappa shape index (κ1) is 11.3. The SMILES string of the molecule is C=Cc1cc(C)ccc1N1CCC(C)CC1. The predicted octanol–water partition coefficient (Wildman–Crippen LogP) is 3.87. The van der Waals surface area contributed by atoms with Gasteiger partial charge in [0, 0.05) is 18.8 Å². The van der Waals surface area contributed by atoms with Crippen LogP contribution in [0.25, 0.3) is 6.08 Å². The molecule has 86 valence electrons. The number of benzene rings is 1. The molecule has 0 bridgehead atoms. The molecule has 1 aromatic rings. The molecule has 0 amide bonds. The Morgan fingerprint density at radius 3 is 2.62 bits per heavy atom. The minimum absolute atomic E-state index is 0.883. The molecule has 1 nitrogen and oxygen atoms in total. The van der Waals surface area contributed by atoms with Crippen LogP contribution in [0.5, 0.6) is 0 Å². The van der Waals surface area contributed by atoms with Crippen molar-refractivity contribution in [1.82, 2.24) is 0 Å². The molecule has 0 saturated carbocycles. The van der Waals surface area contributed by atoms with Gasteiger partial charge in [-0.1, -0.05) is 31.2 Å². The van der Waals surface area contributed by atoms with Gasteiger partial charge in [-0.3, -0.25) is 0 Å². The first-order valence-corrected chi connectivity index (χ1v) is 6.18. The molecule has 0 unspecified atom stereocenters. The van der Waals surface area contributed by atoms with Crippen molar-refractivity contribution in [2.45, 2.75) is 26.7 Å². The molecule has 1 aliphatic heterocycles. The van der Waals surface area contributed by atoms with Gasteiger partial charge in [0.1, 0.15) is 0 Å². The van der Waals surface area contributed by atoms with Crippen LogP contribution < -0.4 is 4.90 Å². The Morgan fingerprint density at radius 1 is 1.31 bits per heavy atom. The molecule has 2 rings (SSSR count). The fraction of sp³-hybridized carbons (Fsp3) is 0.467. The zero-order chi connectivity index (χ0) is 11.5. The first-order valence-electron chi connectivity index (χ1n) is 6.18. The third-order valence-electron chi connectivity index (χ3n) is 3.53. The number of anilines is 1. The Kier molecular flexibility index (Phi) is 3.33. The van der Waals surface area contributed by atoms with Crippen molar-refractivity contribution in [2.24, 2.45) is 5.92 Å². The van der Waals surface area contributed by atoms with Crippen LogP contribution in [0.15, 0.2) is 24.8 Å². The normalized spacial score (nSPS) is 17.5. The van der Waals surface area contributed by atoms with E-state index in [1.165, 1.54) is 42.7 Å². The van der Waals surface area contributed by atoms with Gasteiger partial charge in [-0.25, -0.2) is 0 Å². The fourth-order valence-corrected chi connectivity index (χ4v) is 2.37. The van der Waals surface area contributed by atoms with Crippen molar-refractivity contribution in [3.63, 3.8) is 0 Å². The van der Waals surface area contributed by atoms with Crippen LogP contribution >= 0.6 is 0 Å². The minimum atomic E-state index is 0.883. The summed E-state index contributed by atoms with van der Waals surface area (Å²) in [4.78, 5) is 2.50. The van der Waals surface area contributed by atoms with Crippen molar-refractivity contribution in [1.29, 1.82) is 0 Å². The number of hydrogen-bond donors (Lipinski definition) is 0. The number of nitrogens with zero attached hydrogens (tertiary/aromatic N) is 1. The van der Waals surface area contributed by atoms with E-state index >= 15 is 0 Å². The molecule has 1 saturated heterocycles. The average molecular weight is 215 g/mol. The molecule has 16 heavy (non-hydrogen) atoms. The molecule has 1 aromatic carbocycles. The summed E-state index contributed by atoms with van der Waals surface area (Å²) >= 11 is 0. The van der Waals surface area contributed by atoms with Crippen molar-refractivity contribution >= 4 is 11.8 Å². The van der Waals surface area contributed by atoms with E-state index in [1.807, 2.05) is 6.08 Å². The van der Waals surface area contributed by atoms with E-state index < -0.39 is 0 Å². The second kappa shape index (κ2) is 4.73. The van der Waals surface area contributed by atoms with E-state index in [1.54, 1.807) is 0 Å². The molecule has 1 heteroatoms. The van der Waals surface area contributed by atoms with Gasteiger partial charge in [0.05, 0.1) is 0 Å². The second-order valence-corrected chi connectivity index (χ2v) is 4.94. The number of piperidine rings is 1. The zero-order valence-electron chi connectivity index (χ0n) is 10.4. The monoisotopic (exact) mass is 215 g/mol. The topological polar surface area (TPSA) is 3.24 Å². The highest BCUT2D eigenvalue weighted by Crippen LogP contribution is 2.27. The maximum Gasteiger partial charge on any atom is 0.0439 e. The smallest absolute Gasteiger partial charge is 0.0439 e. The van der Waals surface area contributed by atoms with Crippen molar-refractivity contribution in [2.75, 3.05) is 18.0 Å². The summed E-state index contributed by atoms with van der Waals surface area (Å²) in [6.07, 6.45) is 4.59. The zero-order valence-corrected chi connectivity index (χ0v) is 10.4. The molecule has 0 atom stereocenters. The van der Waals surface area contributed by atoms with Crippen LogP contribution in [0.3, 0.4) is 0 Å². The maximum absolute atomic E-state index is 3.92. The molecule has 0 aliphatic carbocycles. The van der Waals surface area contributed by atoms with E-state index in [0.717, 1.165) is 5.92 Å². The Morgan fingerprint density at radius 2 is 2.00 bits per heavy atom. The summed E-state index contributed by atoms with van der Waals surface area (Å²) in [7, 11) is 0. The Bertz CT molecular complexity index is 373. The summed E-state index contributed by atoms with van der Waals surface area (Å²) in [6, 6.07) is 6.66. The number of hydrogen-bond acceptors (Lipinski definition) is 1. The lowest BCUT2D eigenvalue weighted by molar-refractivity contribution is 0.438. The summed E-state index contributed by atoms with van der Waals surface area (Å²) in [5.74, 6) is 0.883. The Balaban J connectivity index is 2.23. The third kappa shape index (κ3) is 2.29. The lowest BCUT2D eigenvalue weighted by Gasteiger charge is -2.33. The van der Waals surface area contributed by atoms with Gasteiger partial charge >= 0.3 is 0 Å². The molecule has 0 aromatic heterocycles. The third-order valence-corrected chi connectivity index (χ3v) is 3.53. The highest BCUT2D eigenvalue weighted by Gasteiger charge is 2.17. The molecule has 0 N–H and O–H groups in total. The standard InChI is InChI=1S/C15H21N/c1-4-14-11-13(3)5-6-15(14)16-9-7-12(2)8-10-16/h4-6,11-12H,1,7-10H2,2-3H3. The maximum atomic E-state index is 3.92. The van der Waals surface area contributed by atoms with Gasteiger partial charge < -0.3 is 4.90 Å². The Hall–Kier alpha value is -1.24. The highest BCUT2D eigenvalue weighted by atomic mass is 15.1. The van der Waals surface area contributed by atoms with Crippen molar-refractivity contribution in [3.05, 3.63) is 35.9 Å². The highest BCUT2D eigenvalue weighted by molar-refractivity contribution is 5.67. The number of aryl methyl sites for hydroxylation is 1. The van der Waals surface area contributed by atoms with E-state index in [4.69, 9.17) is 0 Å². The van der Waals surface area contributed by atoms with Gasteiger partial charge in [-0.05, 0) is 43.4 Å². The van der Waals surface area contributed by atoms with Gasteiger partial charge in [0.15, 0.2) is 0 Å². The lowest BCUT2D eigenvalue weighted by atomic mass is 9.97. The van der Waals surface area contributed by atoms with E-state index in [9.17, 15) is 0 Å². The van der Waals surface area contributed by atoms with Crippen LogP contribution in [-0.2, 0) is 0 Å². The van der Waals surface area contributed by atoms with Gasteiger partial charge in [0.25, 0.3) is 0 Å². The van der Waals surface area contributed by atoms with Crippen molar-refractivity contribution in [3.8, 4) is 0 Å². The van der Waals surface area contributed by atoms with Gasteiger partial charge in [-0.15, -0.1) is 0 Å². The van der Waals surface area contributed by atoms with Crippen LogP contribution in [0.2, 0.25) is 0 Å². The molecule has 0 radical (unpaired) electrons. The summed E-state index contributed by atoms with van der Waals surface area (Å²) in [5.41, 5.74) is 3.94. The van der Waals surface area contributed by atoms with Crippen LogP contribution in [0, 0.1) is 12.8 Å². The largest absolute Gasteiger partial charge is 0.371 e. The summed E-state index contributed by atoms with van der Waals surface area (Å²) < 4.78 is 0. The molecular formula is C15H21N. The van der Waals surface area contributed by atoms with E-state index in [2.05, 4.69) is 43.5 Å². The predicted molar refractivity (Wildman–Crippen MR) is 71.9 cm³/mol. The van der Waals surface area contributed by atoms with Crippen LogP contribution in [-0.4, -0.2) is 13.1 Å². The molecule has 1 heterocycles. The van der Waals surface area contributed by atoms with Crippen LogP contribution in [0.4, 0.5) is 5.69 Å². The average Bonchev–Trinajstić information content (AvgIpc) is 2.30. The first-order chi connectivity index (χ1) is 7.70. The van der Waals surface area contributed by atoms with Gasteiger partial charge in [-0.2, -0.15) is 0 Å². The van der Waals surface area contributed by atoms with Gasteiger partial charge in [0.2, 0.25) is 0 Å². The number of rotatable bonds is 2. The second-order valence-electron chi connectivity index (χ2n) is 4.94. The summed E-state index contributed by atoms with van der Waals surface area (Å²) in [5, 5.41) is 0. The van der Waals surface area contributed by atoms with E-state index in [-0.39, 0.29) is 0 Å². The Labute approximate surface area is 98.8 Å². The lowest BCUT2D eigenvalue weighted by Crippen LogP contribution is -2.33.